The largest absolute Gasteiger partial charge is 0.338 e. The Labute approximate surface area is 156 Å². The number of aromatic nitrogens is 4. The number of hydrogen-bond donors (Lipinski definition) is 1. The molecule has 2 aromatic heterocycles. The Kier molecular flexibility index (Phi) is 5.72. The Hall–Kier alpha value is -2.61. The summed E-state index contributed by atoms with van der Waals surface area (Å²) in [5.74, 6) is 1.07. The molecule has 3 aromatic rings. The molecule has 3 rings (SSSR count). The molecule has 0 aliphatic rings. The van der Waals surface area contributed by atoms with Crippen molar-refractivity contribution in [1.29, 1.82) is 0 Å². The van der Waals surface area contributed by atoms with Gasteiger partial charge in [-0.1, -0.05) is 47.3 Å². The summed E-state index contributed by atoms with van der Waals surface area (Å²) >= 11 is 1.38. The monoisotopic (exact) mass is 371 g/mol. The molecule has 1 aromatic carbocycles. The van der Waals surface area contributed by atoms with Crippen LogP contribution in [-0.4, -0.2) is 31.1 Å². The predicted molar refractivity (Wildman–Crippen MR) is 100 cm³/mol. The Morgan fingerprint density at radius 1 is 1.31 bits per heavy atom. The quantitative estimate of drug-likeness (QED) is 0.641. The Morgan fingerprint density at radius 2 is 2.08 bits per heavy atom. The smallest absolute Gasteiger partial charge is 0.240 e. The first kappa shape index (κ1) is 18.2. The minimum atomic E-state index is -0.348. The van der Waals surface area contributed by atoms with Gasteiger partial charge in [-0.15, -0.1) is 10.2 Å². The lowest BCUT2D eigenvalue weighted by Crippen LogP contribution is -2.22. The molecule has 1 N–H and O–H groups in total. The molecule has 0 spiro atoms. The van der Waals surface area contributed by atoms with E-state index < -0.39 is 0 Å². The van der Waals surface area contributed by atoms with Gasteiger partial charge in [0.15, 0.2) is 5.16 Å². The van der Waals surface area contributed by atoms with Crippen molar-refractivity contribution in [2.24, 2.45) is 0 Å². The molecule has 2 heterocycles. The average molecular weight is 371 g/mol. The maximum atomic E-state index is 12.3. The summed E-state index contributed by atoms with van der Waals surface area (Å²) in [6.45, 7) is 6.42. The fraction of sp³-hybridized carbons (Fsp3) is 0.333. The SMILES string of the molecule is CCn1c(Cc2ccccc2)nnc1S[C@@H](C)C(=O)Nc1cc(C)no1. The standard InChI is InChI=1S/C18H21N5O2S/c1-4-23-15(11-14-8-6-5-7-9-14)20-21-18(23)26-13(3)17(24)19-16-10-12(2)22-25-16/h5-10,13H,4,11H2,1-3H3,(H,19,24)/t13-/m0/s1. The highest BCUT2D eigenvalue weighted by molar-refractivity contribution is 8.00. The first-order chi connectivity index (χ1) is 12.6. The van der Waals surface area contributed by atoms with E-state index in [0.29, 0.717) is 12.3 Å². The zero-order valence-corrected chi connectivity index (χ0v) is 15.8. The van der Waals surface area contributed by atoms with Crippen LogP contribution in [0.25, 0.3) is 0 Å². The second kappa shape index (κ2) is 8.18. The van der Waals surface area contributed by atoms with Crippen molar-refractivity contribution < 1.29 is 9.32 Å². The van der Waals surface area contributed by atoms with Gasteiger partial charge in [-0.3, -0.25) is 10.1 Å². The molecule has 0 saturated heterocycles. The van der Waals surface area contributed by atoms with E-state index in [1.54, 1.807) is 13.0 Å². The summed E-state index contributed by atoms with van der Waals surface area (Å²) in [5.41, 5.74) is 1.90. The number of thioether (sulfide) groups is 1. The second-order valence-electron chi connectivity index (χ2n) is 5.89. The van der Waals surface area contributed by atoms with Gasteiger partial charge >= 0.3 is 0 Å². The number of nitrogens with one attached hydrogen (secondary N) is 1. The molecular weight excluding hydrogens is 350 g/mol. The third-order valence-corrected chi connectivity index (χ3v) is 4.92. The topological polar surface area (TPSA) is 85.8 Å². The molecule has 0 bridgehead atoms. The van der Waals surface area contributed by atoms with Gasteiger partial charge in [-0.25, -0.2) is 0 Å². The summed E-state index contributed by atoms with van der Waals surface area (Å²) < 4.78 is 7.07. The van der Waals surface area contributed by atoms with Crippen LogP contribution in [0.2, 0.25) is 0 Å². The van der Waals surface area contributed by atoms with Crippen LogP contribution in [0.15, 0.2) is 46.1 Å². The maximum Gasteiger partial charge on any atom is 0.240 e. The summed E-state index contributed by atoms with van der Waals surface area (Å²) in [7, 11) is 0. The van der Waals surface area contributed by atoms with Crippen LogP contribution in [-0.2, 0) is 17.8 Å². The predicted octanol–water partition coefficient (Wildman–Crippen LogP) is 3.30. The molecule has 7 nitrogen and oxygen atoms in total. The summed E-state index contributed by atoms with van der Waals surface area (Å²) in [5, 5.41) is 15.5. The van der Waals surface area contributed by atoms with Crippen LogP contribution in [0.3, 0.4) is 0 Å². The van der Waals surface area contributed by atoms with Crippen molar-refractivity contribution in [3.8, 4) is 0 Å². The molecule has 0 saturated carbocycles. The number of aryl methyl sites for hydroxylation is 1. The van der Waals surface area contributed by atoms with E-state index in [1.807, 2.05) is 36.6 Å². The van der Waals surface area contributed by atoms with Gasteiger partial charge in [0.25, 0.3) is 0 Å². The molecule has 0 unspecified atom stereocenters. The van der Waals surface area contributed by atoms with Crippen LogP contribution in [0.1, 0.15) is 30.9 Å². The number of amides is 1. The number of rotatable bonds is 7. The van der Waals surface area contributed by atoms with E-state index in [4.69, 9.17) is 4.52 Å². The highest BCUT2D eigenvalue weighted by atomic mass is 32.2. The number of benzene rings is 1. The number of carbonyl (C=O) groups is 1. The summed E-state index contributed by atoms with van der Waals surface area (Å²) in [6.07, 6.45) is 0.708. The third-order valence-electron chi connectivity index (χ3n) is 3.84. The van der Waals surface area contributed by atoms with E-state index in [2.05, 4.69) is 32.8 Å². The Bertz CT molecular complexity index is 875. The third kappa shape index (κ3) is 4.32. The maximum absolute atomic E-state index is 12.3. The second-order valence-corrected chi connectivity index (χ2v) is 7.20. The van der Waals surface area contributed by atoms with Gasteiger partial charge in [-0.05, 0) is 26.3 Å². The molecule has 1 atom stereocenters. The fourth-order valence-corrected chi connectivity index (χ4v) is 3.42. The van der Waals surface area contributed by atoms with Crippen molar-refractivity contribution in [3.63, 3.8) is 0 Å². The Morgan fingerprint density at radius 3 is 2.73 bits per heavy atom. The van der Waals surface area contributed by atoms with Crippen molar-refractivity contribution in [3.05, 3.63) is 53.5 Å². The van der Waals surface area contributed by atoms with Gasteiger partial charge in [0.2, 0.25) is 11.8 Å². The van der Waals surface area contributed by atoms with Gasteiger partial charge in [0.05, 0.1) is 10.9 Å². The van der Waals surface area contributed by atoms with Gasteiger partial charge < -0.3 is 9.09 Å². The van der Waals surface area contributed by atoms with Crippen molar-refractivity contribution >= 4 is 23.6 Å². The Balaban J connectivity index is 1.68. The lowest BCUT2D eigenvalue weighted by atomic mass is 10.1. The van der Waals surface area contributed by atoms with Crippen LogP contribution in [0, 0.1) is 6.92 Å². The zero-order valence-electron chi connectivity index (χ0n) is 15.0. The van der Waals surface area contributed by atoms with Crippen LogP contribution in [0.5, 0.6) is 0 Å². The lowest BCUT2D eigenvalue weighted by Gasteiger charge is -2.11. The number of anilines is 1. The van der Waals surface area contributed by atoms with Gasteiger partial charge in [0, 0.05) is 19.0 Å². The minimum Gasteiger partial charge on any atom is -0.338 e. The van der Waals surface area contributed by atoms with Crippen molar-refractivity contribution in [2.45, 2.75) is 44.1 Å². The first-order valence-electron chi connectivity index (χ1n) is 8.43. The van der Waals surface area contributed by atoms with E-state index >= 15 is 0 Å². The molecule has 0 aliphatic carbocycles. The van der Waals surface area contributed by atoms with E-state index in [-0.39, 0.29) is 11.2 Å². The van der Waals surface area contributed by atoms with Crippen LogP contribution >= 0.6 is 11.8 Å². The van der Waals surface area contributed by atoms with Crippen LogP contribution in [0.4, 0.5) is 5.88 Å². The molecule has 136 valence electrons. The number of hydrogen-bond acceptors (Lipinski definition) is 6. The number of carbonyl (C=O) groups excluding carboxylic acids is 1. The number of nitrogens with zero attached hydrogens (tertiary/aromatic N) is 4. The molecule has 0 radical (unpaired) electrons. The summed E-state index contributed by atoms with van der Waals surface area (Å²) in [6, 6.07) is 11.8. The highest BCUT2D eigenvalue weighted by Gasteiger charge is 2.20. The minimum absolute atomic E-state index is 0.165. The molecular formula is C18H21N5O2S. The van der Waals surface area contributed by atoms with Gasteiger partial charge in [0.1, 0.15) is 5.82 Å². The normalized spacial score (nSPS) is 12.1. The summed E-state index contributed by atoms with van der Waals surface area (Å²) in [4.78, 5) is 12.3. The van der Waals surface area contributed by atoms with Crippen LogP contribution < -0.4 is 5.32 Å². The zero-order chi connectivity index (χ0) is 18.5. The first-order valence-corrected chi connectivity index (χ1v) is 9.31. The van der Waals surface area contributed by atoms with E-state index in [1.165, 1.54) is 17.3 Å². The molecule has 0 fully saturated rings. The lowest BCUT2D eigenvalue weighted by molar-refractivity contribution is -0.115. The van der Waals surface area contributed by atoms with Gasteiger partial charge in [-0.2, -0.15) is 0 Å². The van der Waals surface area contributed by atoms with E-state index in [0.717, 1.165) is 23.2 Å². The molecule has 8 heteroatoms. The molecule has 26 heavy (non-hydrogen) atoms. The average Bonchev–Trinajstić information content (AvgIpc) is 3.21. The fourth-order valence-electron chi connectivity index (χ4n) is 2.49. The highest BCUT2D eigenvalue weighted by Crippen LogP contribution is 2.24. The molecule has 0 aliphatic heterocycles. The van der Waals surface area contributed by atoms with Crippen molar-refractivity contribution in [1.82, 2.24) is 19.9 Å². The van der Waals surface area contributed by atoms with Crippen molar-refractivity contribution in [2.75, 3.05) is 5.32 Å². The molecule has 1 amide bonds. The van der Waals surface area contributed by atoms with E-state index in [9.17, 15) is 4.79 Å².